The van der Waals surface area contributed by atoms with Crippen LogP contribution in [0, 0.1) is 0 Å². The topological polar surface area (TPSA) is 63.2 Å². The van der Waals surface area contributed by atoms with E-state index >= 15 is 0 Å². The first-order valence-electron chi connectivity index (χ1n) is 6.61. The minimum Gasteiger partial charge on any atom is -0.652 e. The minimum absolute atomic E-state index is 1.50. The lowest BCUT2D eigenvalue weighted by Crippen LogP contribution is -2.37. The van der Waals surface area contributed by atoms with Crippen LogP contribution in [0.1, 0.15) is 77.0 Å². The molecule has 0 spiro atoms. The molecule has 0 bridgehead atoms. The van der Waals surface area contributed by atoms with Gasteiger partial charge in [-0.05, 0) is 6.16 Å². The first-order chi connectivity index (χ1) is 7.73. The van der Waals surface area contributed by atoms with Crippen molar-refractivity contribution in [2.75, 3.05) is 0 Å². The molecule has 0 amide bonds. The Bertz CT molecular complexity index is 110. The van der Waals surface area contributed by atoms with E-state index in [1.807, 2.05) is 0 Å². The number of carboxylic acid groups (broad SMARTS) is 2. The van der Waals surface area contributed by atoms with E-state index in [4.69, 9.17) is 15.0 Å². The van der Waals surface area contributed by atoms with Crippen molar-refractivity contribution >= 4 is 6.16 Å². The first-order valence-corrected chi connectivity index (χ1v) is 6.61. The Morgan fingerprint density at radius 1 is 0.500 bits per heavy atom. The smallest absolute Gasteiger partial charge is 0.0431 e. The summed E-state index contributed by atoms with van der Waals surface area (Å²) in [5.74, 6) is 0. The SMILES string of the molecule is C1CCCCC1.C1CCCCC1.O=C([O-])[O-]. The first kappa shape index (κ1) is 15.3. The predicted molar refractivity (Wildman–Crippen MR) is 60.8 cm³/mol. The highest BCUT2D eigenvalue weighted by Crippen LogP contribution is 2.15. The molecule has 0 aromatic carbocycles. The summed E-state index contributed by atoms with van der Waals surface area (Å²) in [6.07, 6.45) is 15.7. The fraction of sp³-hybridized carbons (Fsp3) is 0.923. The summed E-state index contributed by atoms with van der Waals surface area (Å²) < 4.78 is 0. The zero-order chi connectivity index (χ0) is 12.1. The van der Waals surface area contributed by atoms with Crippen LogP contribution in [0.25, 0.3) is 0 Å². The van der Waals surface area contributed by atoms with Crippen LogP contribution in [0.5, 0.6) is 0 Å². The van der Waals surface area contributed by atoms with Gasteiger partial charge in [0.1, 0.15) is 0 Å². The van der Waals surface area contributed by atoms with Gasteiger partial charge < -0.3 is 15.0 Å². The van der Waals surface area contributed by atoms with E-state index in [1.54, 1.807) is 0 Å². The second-order valence-corrected chi connectivity index (χ2v) is 4.49. The molecule has 0 saturated heterocycles. The van der Waals surface area contributed by atoms with E-state index in [2.05, 4.69) is 0 Å². The van der Waals surface area contributed by atoms with E-state index in [9.17, 15) is 0 Å². The van der Waals surface area contributed by atoms with Crippen molar-refractivity contribution in [3.05, 3.63) is 0 Å². The second-order valence-electron chi connectivity index (χ2n) is 4.49. The number of hydrogen-bond donors (Lipinski definition) is 0. The Kier molecular flexibility index (Phi) is 11.8. The van der Waals surface area contributed by atoms with Crippen LogP contribution in [0.4, 0.5) is 4.79 Å². The maximum absolute atomic E-state index is 8.33. The Labute approximate surface area is 98.9 Å². The molecular weight excluding hydrogens is 204 g/mol. The third kappa shape index (κ3) is 15.7. The van der Waals surface area contributed by atoms with E-state index in [1.165, 1.54) is 77.0 Å². The highest BCUT2D eigenvalue weighted by Gasteiger charge is 1.96. The number of carbonyl (C=O) groups excluding carboxylic acids is 1. The molecule has 2 saturated carbocycles. The number of carbonyl (C=O) groups is 1. The van der Waals surface area contributed by atoms with Crippen molar-refractivity contribution in [1.82, 2.24) is 0 Å². The molecule has 0 heterocycles. The fourth-order valence-corrected chi connectivity index (χ4v) is 2.12. The minimum atomic E-state index is -2.33. The summed E-state index contributed by atoms with van der Waals surface area (Å²) >= 11 is 0. The zero-order valence-corrected chi connectivity index (χ0v) is 10.2. The molecule has 16 heavy (non-hydrogen) atoms. The van der Waals surface area contributed by atoms with Crippen LogP contribution in [0.15, 0.2) is 0 Å². The van der Waals surface area contributed by atoms with Crippen molar-refractivity contribution in [2.24, 2.45) is 0 Å². The van der Waals surface area contributed by atoms with Gasteiger partial charge in [0.15, 0.2) is 0 Å². The van der Waals surface area contributed by atoms with Gasteiger partial charge in [-0.15, -0.1) is 0 Å². The third-order valence-electron chi connectivity index (χ3n) is 3.00. The lowest BCUT2D eigenvalue weighted by molar-refractivity contribution is -0.415. The van der Waals surface area contributed by atoms with E-state index in [0.717, 1.165) is 0 Å². The van der Waals surface area contributed by atoms with Crippen LogP contribution in [-0.4, -0.2) is 6.16 Å². The highest BCUT2D eigenvalue weighted by molar-refractivity contribution is 5.47. The maximum atomic E-state index is 8.33. The quantitative estimate of drug-likeness (QED) is 0.638. The molecule has 3 nitrogen and oxygen atoms in total. The monoisotopic (exact) mass is 228 g/mol. The number of hydrogen-bond acceptors (Lipinski definition) is 3. The van der Waals surface area contributed by atoms with Gasteiger partial charge in [-0.1, -0.05) is 77.0 Å². The van der Waals surface area contributed by atoms with Gasteiger partial charge in [0.2, 0.25) is 0 Å². The van der Waals surface area contributed by atoms with Gasteiger partial charge in [-0.2, -0.15) is 0 Å². The van der Waals surface area contributed by atoms with Crippen molar-refractivity contribution in [2.45, 2.75) is 77.0 Å². The Balaban J connectivity index is 0.000000217. The van der Waals surface area contributed by atoms with Crippen LogP contribution in [0.2, 0.25) is 0 Å². The van der Waals surface area contributed by atoms with Crippen LogP contribution in [0.3, 0.4) is 0 Å². The molecule has 0 N–H and O–H groups in total. The summed E-state index contributed by atoms with van der Waals surface area (Å²) in [5.41, 5.74) is 0. The molecule has 0 aromatic heterocycles. The molecule has 96 valence electrons. The summed E-state index contributed by atoms with van der Waals surface area (Å²) in [7, 11) is 0. The molecule has 0 aromatic rings. The molecule has 3 heteroatoms. The summed E-state index contributed by atoms with van der Waals surface area (Å²) in [5, 5.41) is 16.7. The van der Waals surface area contributed by atoms with Crippen LogP contribution in [-0.2, 0) is 0 Å². The van der Waals surface area contributed by atoms with E-state index in [-0.39, 0.29) is 0 Å². The fourth-order valence-electron chi connectivity index (χ4n) is 2.12. The Morgan fingerprint density at radius 2 is 0.562 bits per heavy atom. The Hall–Kier alpha value is -0.730. The molecule has 2 aliphatic rings. The number of rotatable bonds is 0. The molecular formula is C13H24O3-2. The second kappa shape index (κ2) is 12.3. The van der Waals surface area contributed by atoms with Gasteiger partial charge >= 0.3 is 0 Å². The molecule has 2 aliphatic carbocycles. The van der Waals surface area contributed by atoms with Gasteiger partial charge in [-0.25, -0.2) is 0 Å². The van der Waals surface area contributed by atoms with E-state index in [0.29, 0.717) is 0 Å². The molecule has 2 rings (SSSR count). The van der Waals surface area contributed by atoms with Crippen LogP contribution < -0.4 is 10.2 Å². The molecule has 0 unspecified atom stereocenters. The predicted octanol–water partition coefficient (Wildman–Crippen LogP) is 2.23. The average molecular weight is 228 g/mol. The van der Waals surface area contributed by atoms with Crippen molar-refractivity contribution < 1.29 is 15.0 Å². The van der Waals surface area contributed by atoms with Gasteiger partial charge in [-0.3, -0.25) is 0 Å². The highest BCUT2D eigenvalue weighted by atomic mass is 16.6. The average Bonchev–Trinajstić information content (AvgIpc) is 2.34. The molecule has 2 fully saturated rings. The zero-order valence-electron chi connectivity index (χ0n) is 10.2. The van der Waals surface area contributed by atoms with Crippen molar-refractivity contribution in [3.63, 3.8) is 0 Å². The van der Waals surface area contributed by atoms with Crippen LogP contribution >= 0.6 is 0 Å². The lowest BCUT2D eigenvalue weighted by atomic mass is 10.0. The summed E-state index contributed by atoms with van der Waals surface area (Å²) in [6.45, 7) is 0. The molecule has 0 aliphatic heterocycles. The summed E-state index contributed by atoms with van der Waals surface area (Å²) in [4.78, 5) is 8.33. The molecule has 0 atom stereocenters. The Morgan fingerprint density at radius 3 is 0.625 bits per heavy atom. The lowest BCUT2D eigenvalue weighted by Gasteiger charge is -2.05. The normalized spacial score (nSPS) is 19.5. The maximum Gasteiger partial charge on any atom is -0.0431 e. The van der Waals surface area contributed by atoms with Gasteiger partial charge in [0, 0.05) is 0 Å². The largest absolute Gasteiger partial charge is 0.652 e. The third-order valence-corrected chi connectivity index (χ3v) is 3.00. The van der Waals surface area contributed by atoms with E-state index < -0.39 is 6.16 Å². The van der Waals surface area contributed by atoms with Crippen molar-refractivity contribution in [3.8, 4) is 0 Å². The van der Waals surface area contributed by atoms with Gasteiger partial charge in [0.05, 0.1) is 0 Å². The van der Waals surface area contributed by atoms with Gasteiger partial charge in [0.25, 0.3) is 0 Å². The van der Waals surface area contributed by atoms with Crippen molar-refractivity contribution in [1.29, 1.82) is 0 Å². The summed E-state index contributed by atoms with van der Waals surface area (Å²) in [6, 6.07) is 0. The standard InChI is InChI=1S/2C6H12.CH2O3/c2*1-2-4-6-5-3-1;2-1(3)4/h2*1-6H2;(H2,2,3,4)/p-2. The molecule has 0 radical (unpaired) electrons.